The van der Waals surface area contributed by atoms with Crippen LogP contribution in [-0.2, 0) is 11.0 Å². The smallest absolute Gasteiger partial charge is 0.369 e. The fraction of sp³-hybridized carbons (Fsp3) is 0.273. The number of hydrogen-bond donors (Lipinski definition) is 1. The quantitative estimate of drug-likeness (QED) is 0.810. The SMILES string of the molecule is N#Cc1ccc(C(F)(F)F)cc1.NC(=O)CC(F)(F)F. The zero-order chi connectivity index (χ0) is 16.0. The van der Waals surface area contributed by atoms with Gasteiger partial charge >= 0.3 is 12.4 Å². The number of primary amides is 1. The van der Waals surface area contributed by atoms with Crippen LogP contribution >= 0.6 is 0 Å². The Bertz CT molecular complexity index is 484. The number of rotatable bonds is 1. The van der Waals surface area contributed by atoms with Crippen molar-refractivity contribution in [3.63, 3.8) is 0 Å². The van der Waals surface area contributed by atoms with E-state index in [9.17, 15) is 31.1 Å². The number of alkyl halides is 6. The first-order valence-electron chi connectivity index (χ1n) is 4.88. The van der Waals surface area contributed by atoms with Gasteiger partial charge in [0.05, 0.1) is 17.2 Å². The normalized spacial score (nSPS) is 11.1. The molecule has 1 rings (SSSR count). The molecule has 110 valence electrons. The molecule has 0 aliphatic rings. The minimum absolute atomic E-state index is 0.225. The molecule has 9 heteroatoms. The van der Waals surface area contributed by atoms with Gasteiger partial charge in [-0.15, -0.1) is 0 Å². The highest BCUT2D eigenvalue weighted by atomic mass is 19.4. The van der Waals surface area contributed by atoms with Crippen LogP contribution in [0.3, 0.4) is 0 Å². The molecular weight excluding hydrogens is 290 g/mol. The van der Waals surface area contributed by atoms with E-state index >= 15 is 0 Å². The summed E-state index contributed by atoms with van der Waals surface area (Å²) in [5.74, 6) is -1.35. The molecule has 0 radical (unpaired) electrons. The lowest BCUT2D eigenvalue weighted by Gasteiger charge is -2.04. The van der Waals surface area contributed by atoms with Crippen LogP contribution in [0.4, 0.5) is 26.3 Å². The first-order valence-corrected chi connectivity index (χ1v) is 4.88. The lowest BCUT2D eigenvalue weighted by Crippen LogP contribution is -2.21. The maximum absolute atomic E-state index is 11.9. The number of carbonyl (C=O) groups is 1. The minimum atomic E-state index is -4.45. The second-order valence-corrected chi connectivity index (χ2v) is 3.45. The number of nitriles is 1. The molecule has 0 atom stereocenters. The summed E-state index contributed by atoms with van der Waals surface area (Å²) in [4.78, 5) is 9.52. The van der Waals surface area contributed by atoms with E-state index in [1.165, 1.54) is 0 Å². The second kappa shape index (κ2) is 6.79. The van der Waals surface area contributed by atoms with E-state index in [0.29, 0.717) is 0 Å². The molecule has 0 saturated heterocycles. The van der Waals surface area contributed by atoms with Crippen molar-refractivity contribution in [1.29, 1.82) is 5.26 Å². The molecule has 0 aliphatic heterocycles. The Morgan fingerprint density at radius 3 is 1.75 bits per heavy atom. The summed E-state index contributed by atoms with van der Waals surface area (Å²) < 4.78 is 68.8. The molecule has 20 heavy (non-hydrogen) atoms. The third-order valence-corrected chi connectivity index (χ3v) is 1.72. The molecule has 1 aromatic carbocycles. The Morgan fingerprint density at radius 2 is 1.55 bits per heavy atom. The van der Waals surface area contributed by atoms with Crippen LogP contribution in [0.1, 0.15) is 17.5 Å². The summed E-state index contributed by atoms with van der Waals surface area (Å²) in [6.07, 6.45) is -10.3. The summed E-state index contributed by atoms with van der Waals surface area (Å²) in [5.41, 5.74) is 3.71. The van der Waals surface area contributed by atoms with Crippen molar-refractivity contribution in [1.82, 2.24) is 0 Å². The lowest BCUT2D eigenvalue weighted by molar-refractivity contribution is -0.151. The summed E-state index contributed by atoms with van der Waals surface area (Å²) in [7, 11) is 0. The van der Waals surface area contributed by atoms with E-state index < -0.39 is 30.2 Å². The van der Waals surface area contributed by atoms with E-state index in [4.69, 9.17) is 5.26 Å². The second-order valence-electron chi connectivity index (χ2n) is 3.45. The van der Waals surface area contributed by atoms with Gasteiger partial charge in [-0.25, -0.2) is 0 Å². The van der Waals surface area contributed by atoms with Crippen LogP contribution in [0.5, 0.6) is 0 Å². The number of hydrogen-bond acceptors (Lipinski definition) is 2. The number of amides is 1. The number of nitrogens with zero attached hydrogens (tertiary/aromatic N) is 1. The van der Waals surface area contributed by atoms with Crippen LogP contribution in [0.2, 0.25) is 0 Å². The Labute approximate surface area is 109 Å². The largest absolute Gasteiger partial charge is 0.416 e. The molecule has 2 N–H and O–H groups in total. The van der Waals surface area contributed by atoms with Crippen molar-refractivity contribution < 1.29 is 31.1 Å². The van der Waals surface area contributed by atoms with Crippen molar-refractivity contribution in [3.05, 3.63) is 35.4 Å². The predicted octanol–water partition coefficient (Wildman–Crippen LogP) is 3.00. The lowest BCUT2D eigenvalue weighted by atomic mass is 10.1. The standard InChI is InChI=1S/C8H4F3N.C3H4F3NO/c9-8(10,11)7-3-1-6(5-12)2-4-7;4-3(5,6)1-2(7)8/h1-4H;1H2,(H2,7,8). The molecule has 0 saturated carbocycles. The monoisotopic (exact) mass is 298 g/mol. The van der Waals surface area contributed by atoms with Gasteiger partial charge in [0.15, 0.2) is 0 Å². The topological polar surface area (TPSA) is 66.9 Å². The zero-order valence-electron chi connectivity index (χ0n) is 9.72. The van der Waals surface area contributed by atoms with Gasteiger partial charge in [0.1, 0.15) is 6.42 Å². The van der Waals surface area contributed by atoms with Gasteiger partial charge in [-0.3, -0.25) is 4.79 Å². The average molecular weight is 298 g/mol. The molecule has 0 spiro atoms. The van der Waals surface area contributed by atoms with Gasteiger partial charge in [-0.05, 0) is 24.3 Å². The first kappa shape index (κ1) is 17.8. The van der Waals surface area contributed by atoms with E-state index in [2.05, 4.69) is 5.73 Å². The van der Waals surface area contributed by atoms with Crippen LogP contribution in [0.25, 0.3) is 0 Å². The fourth-order valence-electron chi connectivity index (χ4n) is 0.931. The van der Waals surface area contributed by atoms with Gasteiger partial charge < -0.3 is 5.73 Å². The summed E-state index contributed by atoms with van der Waals surface area (Å²) >= 11 is 0. The summed E-state index contributed by atoms with van der Waals surface area (Å²) in [6.45, 7) is 0. The van der Waals surface area contributed by atoms with Crippen LogP contribution < -0.4 is 5.73 Å². The van der Waals surface area contributed by atoms with Gasteiger partial charge in [0.25, 0.3) is 0 Å². The minimum Gasteiger partial charge on any atom is -0.369 e. The number of nitrogens with two attached hydrogens (primary N) is 1. The van der Waals surface area contributed by atoms with Gasteiger partial charge in [0, 0.05) is 0 Å². The first-order chi connectivity index (χ1) is 8.95. The van der Waals surface area contributed by atoms with Crippen molar-refractivity contribution in [2.24, 2.45) is 5.73 Å². The Kier molecular flexibility index (Phi) is 6.03. The van der Waals surface area contributed by atoms with Gasteiger partial charge in [-0.1, -0.05) is 0 Å². The third kappa shape index (κ3) is 7.97. The van der Waals surface area contributed by atoms with Crippen LogP contribution in [-0.4, -0.2) is 12.1 Å². The highest BCUT2D eigenvalue weighted by molar-refractivity contribution is 5.74. The van der Waals surface area contributed by atoms with Crippen molar-refractivity contribution in [3.8, 4) is 6.07 Å². The highest BCUT2D eigenvalue weighted by Crippen LogP contribution is 2.28. The third-order valence-electron chi connectivity index (χ3n) is 1.72. The number of benzene rings is 1. The summed E-state index contributed by atoms with van der Waals surface area (Å²) in [6, 6.07) is 5.80. The van der Waals surface area contributed by atoms with E-state index in [-0.39, 0.29) is 5.56 Å². The van der Waals surface area contributed by atoms with E-state index in [1.54, 1.807) is 6.07 Å². The molecule has 3 nitrogen and oxygen atoms in total. The number of carbonyl (C=O) groups excluding carboxylic acids is 1. The van der Waals surface area contributed by atoms with E-state index in [0.717, 1.165) is 24.3 Å². The van der Waals surface area contributed by atoms with Crippen LogP contribution in [0, 0.1) is 11.3 Å². The molecular formula is C11H8F6N2O. The molecule has 0 aromatic heterocycles. The summed E-state index contributed by atoms with van der Waals surface area (Å²) in [5, 5.41) is 8.30. The highest BCUT2D eigenvalue weighted by Gasteiger charge is 2.30. The molecule has 1 amide bonds. The van der Waals surface area contributed by atoms with E-state index in [1.807, 2.05) is 0 Å². The molecule has 1 aromatic rings. The van der Waals surface area contributed by atoms with Gasteiger partial charge in [-0.2, -0.15) is 31.6 Å². The predicted molar refractivity (Wildman–Crippen MR) is 56.0 cm³/mol. The molecule has 0 bridgehead atoms. The Balaban J connectivity index is 0.000000396. The molecule has 0 heterocycles. The molecule has 0 unspecified atom stereocenters. The molecule has 0 aliphatic carbocycles. The Hall–Kier alpha value is -2.24. The van der Waals surface area contributed by atoms with Crippen LogP contribution in [0.15, 0.2) is 24.3 Å². The zero-order valence-corrected chi connectivity index (χ0v) is 9.72. The maximum atomic E-state index is 11.9. The maximum Gasteiger partial charge on any atom is 0.416 e. The van der Waals surface area contributed by atoms with Crippen molar-refractivity contribution >= 4 is 5.91 Å². The van der Waals surface area contributed by atoms with Crippen molar-refractivity contribution in [2.75, 3.05) is 0 Å². The van der Waals surface area contributed by atoms with Crippen molar-refractivity contribution in [2.45, 2.75) is 18.8 Å². The number of halogens is 6. The average Bonchev–Trinajstić information content (AvgIpc) is 2.25. The molecule has 0 fully saturated rings. The van der Waals surface area contributed by atoms with Gasteiger partial charge in [0.2, 0.25) is 5.91 Å². The fourth-order valence-corrected chi connectivity index (χ4v) is 0.931. The Morgan fingerprint density at radius 1 is 1.10 bits per heavy atom.